The monoisotopic (exact) mass is 1200 g/mol. The maximum absolute atomic E-state index is 12.8. The van der Waals surface area contributed by atoms with Crippen LogP contribution in [0.2, 0.25) is 0 Å². The van der Waals surface area contributed by atoms with Crippen molar-refractivity contribution in [1.82, 2.24) is 21.3 Å². The molecule has 0 radical (unpaired) electrons. The third kappa shape index (κ3) is 43.7. The fraction of sp³-hybridized carbons (Fsp3) is 0.778. The molecule has 4 N–H and O–H groups in total. The SMILES string of the molecule is CCCCCCCCCCCC(=O)NCCCC[C@H](NC(=O)CCCCCCCCCC[n+]1ccc(-c2cc[n+](CCCCCCCCCCC(=O)N[C@@H](CCCCNC(=O)CCCCCCCCCCC)C(=O)OCC)cc2)cc1)C(=O)OCC. The van der Waals surface area contributed by atoms with Crippen LogP contribution in [0.3, 0.4) is 0 Å². The Morgan fingerprint density at radius 3 is 0.895 bits per heavy atom. The highest BCUT2D eigenvalue weighted by Gasteiger charge is 2.23. The van der Waals surface area contributed by atoms with Gasteiger partial charge in [-0.1, -0.05) is 181 Å². The van der Waals surface area contributed by atoms with E-state index >= 15 is 0 Å². The lowest BCUT2D eigenvalue weighted by molar-refractivity contribution is -0.697. The van der Waals surface area contributed by atoms with Crippen LogP contribution < -0.4 is 30.4 Å². The second kappa shape index (κ2) is 55.4. The first-order chi connectivity index (χ1) is 42.1. The second-order valence-corrected chi connectivity index (χ2v) is 24.4. The first kappa shape index (κ1) is 77.2. The Kier molecular flexibility index (Phi) is 49.8. The topological polar surface area (TPSA) is 177 Å². The van der Waals surface area contributed by atoms with Gasteiger partial charge in [-0.2, -0.15) is 0 Å². The van der Waals surface area contributed by atoms with Gasteiger partial charge in [0.15, 0.2) is 24.8 Å². The zero-order valence-corrected chi connectivity index (χ0v) is 55.3. The van der Waals surface area contributed by atoms with E-state index in [9.17, 15) is 28.8 Å². The molecule has 0 spiro atoms. The summed E-state index contributed by atoms with van der Waals surface area (Å²) < 4.78 is 15.1. The smallest absolute Gasteiger partial charge is 0.328 e. The molecule has 0 fully saturated rings. The number of hydrogen-bond acceptors (Lipinski definition) is 8. The molecule has 14 nitrogen and oxygen atoms in total. The summed E-state index contributed by atoms with van der Waals surface area (Å²) in [7, 11) is 0. The predicted molar refractivity (Wildman–Crippen MR) is 350 cm³/mol. The summed E-state index contributed by atoms with van der Waals surface area (Å²) >= 11 is 0. The number of carbonyl (C=O) groups is 6. The molecule has 2 aromatic rings. The first-order valence-corrected chi connectivity index (χ1v) is 35.5. The van der Waals surface area contributed by atoms with Gasteiger partial charge >= 0.3 is 11.9 Å². The highest BCUT2D eigenvalue weighted by Crippen LogP contribution is 2.18. The molecular weight excluding hydrogens is 1080 g/mol. The molecule has 2 rings (SSSR count). The summed E-state index contributed by atoms with van der Waals surface area (Å²) in [6, 6.07) is 7.56. The molecule has 0 aliphatic carbocycles. The molecule has 2 aromatic heterocycles. The number of unbranched alkanes of at least 4 members (excludes halogenated alkanes) is 32. The van der Waals surface area contributed by atoms with Crippen molar-refractivity contribution in [2.75, 3.05) is 26.3 Å². The summed E-state index contributed by atoms with van der Waals surface area (Å²) in [5, 5.41) is 11.9. The van der Waals surface area contributed by atoms with Crippen LogP contribution in [-0.2, 0) is 51.3 Å². The number of carbonyl (C=O) groups excluding carboxylic acids is 6. The van der Waals surface area contributed by atoms with Crippen LogP contribution >= 0.6 is 0 Å². The van der Waals surface area contributed by atoms with Crippen molar-refractivity contribution in [2.24, 2.45) is 0 Å². The van der Waals surface area contributed by atoms with Gasteiger partial charge in [-0.05, 0) is 102 Å². The number of pyridine rings is 2. The molecule has 2 heterocycles. The fourth-order valence-corrected chi connectivity index (χ4v) is 11.2. The average molecular weight is 1200 g/mol. The zero-order chi connectivity index (χ0) is 62.2. The number of hydrogen-bond donors (Lipinski definition) is 4. The van der Waals surface area contributed by atoms with Gasteiger partial charge in [-0.15, -0.1) is 0 Å². The number of rotatable bonds is 59. The number of aromatic nitrogens is 2. The molecule has 0 saturated carbocycles. The zero-order valence-electron chi connectivity index (χ0n) is 55.3. The minimum absolute atomic E-state index is 0.0942. The lowest BCUT2D eigenvalue weighted by atomic mass is 10.1. The van der Waals surface area contributed by atoms with Crippen LogP contribution in [-0.4, -0.2) is 74.0 Å². The van der Waals surface area contributed by atoms with Gasteiger partial charge in [0.1, 0.15) is 25.2 Å². The minimum atomic E-state index is -0.642. The lowest BCUT2D eigenvalue weighted by Gasteiger charge is -2.17. The van der Waals surface area contributed by atoms with E-state index in [1.807, 2.05) is 0 Å². The Labute approximate surface area is 523 Å². The molecule has 14 heteroatoms. The van der Waals surface area contributed by atoms with Crippen molar-refractivity contribution >= 4 is 35.6 Å². The molecule has 490 valence electrons. The van der Waals surface area contributed by atoms with Crippen molar-refractivity contribution in [3.05, 3.63) is 49.1 Å². The maximum Gasteiger partial charge on any atom is 0.328 e. The Morgan fingerprint density at radius 1 is 0.337 bits per heavy atom. The quantitative estimate of drug-likeness (QED) is 0.0287. The summed E-state index contributed by atoms with van der Waals surface area (Å²) in [6.45, 7) is 11.8. The van der Waals surface area contributed by atoms with E-state index in [1.54, 1.807) is 13.8 Å². The predicted octanol–water partition coefficient (Wildman–Crippen LogP) is 15.5. The normalized spacial score (nSPS) is 11.9. The molecule has 0 aliphatic heterocycles. The summed E-state index contributed by atoms with van der Waals surface area (Å²) in [4.78, 5) is 75.3. The van der Waals surface area contributed by atoms with Gasteiger partial charge in [0.2, 0.25) is 23.6 Å². The van der Waals surface area contributed by atoms with Crippen molar-refractivity contribution in [3.8, 4) is 11.1 Å². The number of esters is 2. The standard InChI is InChI=1S/C72H124N6O8/c1-5-9-11-13-15-17-23-29-35-47-67(79)73-55-41-39-45-65(71(83)85-7-3)75-69(81)49-37-31-25-19-21-27-33-43-57-77-59-51-63(52-60-77)64-53-61-78(62-54-64)58-44-34-28-22-20-26-32-38-50-70(82)76-66(72(84)86-8-4)46-40-42-56-74-68(80)48-36-30-24-18-16-14-12-10-6-2/h51-54,59-62,65-66H,5-50,55-58H2,1-4H3,(H2-2,73,74,75,76,79,80,81,82)/p+2/t65-,66-/m0/s1. The van der Waals surface area contributed by atoms with Crippen LogP contribution in [0.4, 0.5) is 0 Å². The van der Waals surface area contributed by atoms with Crippen LogP contribution in [0.25, 0.3) is 11.1 Å². The molecule has 0 aromatic carbocycles. The van der Waals surface area contributed by atoms with Gasteiger partial charge < -0.3 is 30.7 Å². The maximum atomic E-state index is 12.8. The van der Waals surface area contributed by atoms with Crippen molar-refractivity contribution in [3.63, 3.8) is 0 Å². The Bertz CT molecular complexity index is 1860. The molecule has 86 heavy (non-hydrogen) atoms. The molecule has 4 amide bonds. The number of ether oxygens (including phenoxy) is 2. The van der Waals surface area contributed by atoms with Crippen LogP contribution in [0.1, 0.15) is 310 Å². The van der Waals surface area contributed by atoms with Crippen LogP contribution in [0.15, 0.2) is 49.1 Å². The molecule has 0 bridgehead atoms. The van der Waals surface area contributed by atoms with E-state index in [2.05, 4.69) is 93.3 Å². The van der Waals surface area contributed by atoms with Gasteiger partial charge in [0.05, 0.1) is 13.2 Å². The van der Waals surface area contributed by atoms with Crippen molar-refractivity contribution in [1.29, 1.82) is 0 Å². The number of aryl methyl sites for hydroxylation is 2. The van der Waals surface area contributed by atoms with Gasteiger partial charge in [0.25, 0.3) is 0 Å². The molecule has 2 atom stereocenters. The van der Waals surface area contributed by atoms with Gasteiger partial charge in [0, 0.05) is 75.9 Å². The van der Waals surface area contributed by atoms with E-state index in [-0.39, 0.29) is 48.8 Å². The Morgan fingerprint density at radius 2 is 0.605 bits per heavy atom. The minimum Gasteiger partial charge on any atom is -0.464 e. The van der Waals surface area contributed by atoms with E-state index < -0.39 is 12.1 Å². The Hall–Kier alpha value is -4.88. The van der Waals surface area contributed by atoms with E-state index in [1.165, 1.54) is 152 Å². The first-order valence-electron chi connectivity index (χ1n) is 35.5. The third-order valence-electron chi connectivity index (χ3n) is 16.6. The third-order valence-corrected chi connectivity index (χ3v) is 16.6. The van der Waals surface area contributed by atoms with Crippen LogP contribution in [0.5, 0.6) is 0 Å². The molecule has 0 unspecified atom stereocenters. The van der Waals surface area contributed by atoms with Gasteiger partial charge in [-0.25, -0.2) is 18.7 Å². The van der Waals surface area contributed by atoms with E-state index in [4.69, 9.17) is 9.47 Å². The average Bonchev–Trinajstić information content (AvgIpc) is 3.65. The number of amides is 4. The number of nitrogens with one attached hydrogen (secondary N) is 4. The highest BCUT2D eigenvalue weighted by molar-refractivity contribution is 5.85. The largest absolute Gasteiger partial charge is 0.464 e. The van der Waals surface area contributed by atoms with Crippen LogP contribution in [0, 0.1) is 0 Å². The van der Waals surface area contributed by atoms with E-state index in [0.717, 1.165) is 116 Å². The lowest BCUT2D eigenvalue weighted by Crippen LogP contribution is -2.41. The highest BCUT2D eigenvalue weighted by atomic mass is 16.5. The summed E-state index contributed by atoms with van der Waals surface area (Å²) in [5.74, 6) is -0.742. The molecule has 0 saturated heterocycles. The van der Waals surface area contributed by atoms with Crippen molar-refractivity contribution in [2.45, 2.75) is 335 Å². The van der Waals surface area contributed by atoms with E-state index in [0.29, 0.717) is 51.6 Å². The number of nitrogens with zero attached hydrogens (tertiary/aromatic N) is 2. The van der Waals surface area contributed by atoms with Gasteiger partial charge in [-0.3, -0.25) is 19.2 Å². The van der Waals surface area contributed by atoms with Crippen molar-refractivity contribution < 1.29 is 47.4 Å². The summed E-state index contributed by atoms with van der Waals surface area (Å²) in [5.41, 5.74) is 2.45. The summed E-state index contributed by atoms with van der Waals surface area (Å²) in [6.07, 6.45) is 54.7. The molecule has 0 aliphatic rings. The molecular formula is C72H126N6O8+2. The second-order valence-electron chi connectivity index (χ2n) is 24.4. The fourth-order valence-electron chi connectivity index (χ4n) is 11.2. The Balaban J connectivity index is 1.47.